The molecule has 164 valence electrons. The van der Waals surface area contributed by atoms with E-state index in [1.165, 1.54) is 12.1 Å². The maximum atomic E-state index is 13.3. The van der Waals surface area contributed by atoms with Crippen molar-refractivity contribution in [1.82, 2.24) is 15.1 Å². The molecule has 1 heterocycles. The topological polar surface area (TPSA) is 76.0 Å². The monoisotopic (exact) mass is 432 g/mol. The number of anilines is 1. The highest BCUT2D eigenvalue weighted by Gasteiger charge is 2.27. The van der Waals surface area contributed by atoms with Gasteiger partial charge >= 0.3 is 0 Å². The first kappa shape index (κ1) is 20.4. The average molecular weight is 432 g/mol. The number of carbonyl (C=O) groups is 2. The maximum absolute atomic E-state index is 13.3. The van der Waals surface area contributed by atoms with Crippen LogP contribution in [0.25, 0.3) is 5.69 Å². The number of hydrogen-bond donors (Lipinski definition) is 2. The van der Waals surface area contributed by atoms with Gasteiger partial charge in [-0.3, -0.25) is 9.59 Å². The molecule has 5 rings (SSSR count). The van der Waals surface area contributed by atoms with E-state index in [1.54, 1.807) is 41.1 Å². The first-order valence-electron chi connectivity index (χ1n) is 11.2. The van der Waals surface area contributed by atoms with Gasteiger partial charge in [-0.2, -0.15) is 5.10 Å². The highest BCUT2D eigenvalue weighted by atomic mass is 19.1. The van der Waals surface area contributed by atoms with E-state index in [2.05, 4.69) is 15.7 Å². The minimum atomic E-state index is -0.309. The quantitative estimate of drug-likeness (QED) is 0.627. The van der Waals surface area contributed by atoms with Gasteiger partial charge in [-0.25, -0.2) is 9.07 Å². The van der Waals surface area contributed by atoms with Crippen LogP contribution >= 0.6 is 0 Å². The Bertz CT molecular complexity index is 1150. The highest BCUT2D eigenvalue weighted by molar-refractivity contribution is 6.04. The SMILES string of the molecule is O=C(NC1CCCC1)c1ccc(NC(=O)c2nn(-c3ccc(F)cc3)c3c2CCC3)cc1. The van der Waals surface area contributed by atoms with Crippen LogP contribution in [0.1, 0.15) is 64.2 Å². The van der Waals surface area contributed by atoms with Gasteiger partial charge in [-0.15, -0.1) is 0 Å². The van der Waals surface area contributed by atoms with E-state index in [9.17, 15) is 14.0 Å². The maximum Gasteiger partial charge on any atom is 0.276 e. The van der Waals surface area contributed by atoms with E-state index in [4.69, 9.17) is 0 Å². The van der Waals surface area contributed by atoms with Crippen molar-refractivity contribution in [2.45, 2.75) is 51.0 Å². The minimum Gasteiger partial charge on any atom is -0.349 e. The summed E-state index contributed by atoms with van der Waals surface area (Å²) in [6.45, 7) is 0. The Kier molecular flexibility index (Phi) is 5.47. The van der Waals surface area contributed by atoms with E-state index >= 15 is 0 Å². The first-order chi connectivity index (χ1) is 15.6. The molecule has 2 aliphatic rings. The number of amides is 2. The second kappa shape index (κ2) is 8.57. The Morgan fingerprint density at radius 1 is 0.906 bits per heavy atom. The summed E-state index contributed by atoms with van der Waals surface area (Å²) in [5.74, 6) is -0.673. The van der Waals surface area contributed by atoms with Crippen LogP contribution in [0.4, 0.5) is 10.1 Å². The van der Waals surface area contributed by atoms with Gasteiger partial charge < -0.3 is 10.6 Å². The van der Waals surface area contributed by atoms with Crippen molar-refractivity contribution in [3.05, 3.63) is 76.9 Å². The molecule has 0 spiro atoms. The molecular weight excluding hydrogens is 407 g/mol. The van der Waals surface area contributed by atoms with Gasteiger partial charge in [-0.1, -0.05) is 12.8 Å². The van der Waals surface area contributed by atoms with Gasteiger partial charge in [0, 0.05) is 28.6 Å². The van der Waals surface area contributed by atoms with Gasteiger partial charge in [0.15, 0.2) is 5.69 Å². The molecule has 0 bridgehead atoms. The molecule has 1 aromatic heterocycles. The van der Waals surface area contributed by atoms with Crippen molar-refractivity contribution in [2.24, 2.45) is 0 Å². The summed E-state index contributed by atoms with van der Waals surface area (Å²) in [5, 5.41) is 10.5. The first-order valence-corrected chi connectivity index (χ1v) is 11.2. The van der Waals surface area contributed by atoms with E-state index in [-0.39, 0.29) is 23.7 Å². The molecule has 2 aliphatic carbocycles. The number of hydrogen-bond acceptors (Lipinski definition) is 3. The number of fused-ring (bicyclic) bond motifs is 1. The zero-order chi connectivity index (χ0) is 22.1. The Balaban J connectivity index is 1.31. The van der Waals surface area contributed by atoms with Gasteiger partial charge in [0.25, 0.3) is 11.8 Å². The fourth-order valence-electron chi connectivity index (χ4n) is 4.65. The lowest BCUT2D eigenvalue weighted by Crippen LogP contribution is -2.32. The number of benzene rings is 2. The number of carbonyl (C=O) groups excluding carboxylic acids is 2. The predicted octanol–water partition coefficient (Wildman–Crippen LogP) is 4.42. The molecule has 1 fully saturated rings. The van der Waals surface area contributed by atoms with E-state index in [1.807, 2.05) is 0 Å². The molecule has 2 amide bonds. The van der Waals surface area contributed by atoms with Crippen LogP contribution in [0, 0.1) is 5.82 Å². The van der Waals surface area contributed by atoms with Gasteiger partial charge in [0.05, 0.1) is 5.69 Å². The molecule has 0 saturated heterocycles. The third-order valence-corrected chi connectivity index (χ3v) is 6.31. The Morgan fingerprint density at radius 2 is 1.62 bits per heavy atom. The second-order valence-corrected chi connectivity index (χ2v) is 8.50. The van der Waals surface area contributed by atoms with Crippen LogP contribution in [-0.2, 0) is 12.8 Å². The zero-order valence-corrected chi connectivity index (χ0v) is 17.7. The van der Waals surface area contributed by atoms with Gasteiger partial charge in [0.2, 0.25) is 0 Å². The number of halogens is 1. The van der Waals surface area contributed by atoms with Crippen molar-refractivity contribution in [3.63, 3.8) is 0 Å². The Hall–Kier alpha value is -3.48. The summed E-state index contributed by atoms with van der Waals surface area (Å²) >= 11 is 0. The van der Waals surface area contributed by atoms with Crippen molar-refractivity contribution >= 4 is 17.5 Å². The van der Waals surface area contributed by atoms with Crippen LogP contribution in [0.3, 0.4) is 0 Å². The Morgan fingerprint density at radius 3 is 2.34 bits per heavy atom. The molecule has 7 heteroatoms. The number of nitrogens with zero attached hydrogens (tertiary/aromatic N) is 2. The molecule has 0 aliphatic heterocycles. The van der Waals surface area contributed by atoms with Crippen LogP contribution in [0.15, 0.2) is 48.5 Å². The highest BCUT2D eigenvalue weighted by Crippen LogP contribution is 2.28. The van der Waals surface area contributed by atoms with Crippen LogP contribution in [0.5, 0.6) is 0 Å². The van der Waals surface area contributed by atoms with Crippen LogP contribution < -0.4 is 10.6 Å². The second-order valence-electron chi connectivity index (χ2n) is 8.50. The van der Waals surface area contributed by atoms with Crippen LogP contribution in [0.2, 0.25) is 0 Å². The van der Waals surface area contributed by atoms with Crippen molar-refractivity contribution < 1.29 is 14.0 Å². The fourth-order valence-corrected chi connectivity index (χ4v) is 4.65. The molecule has 1 saturated carbocycles. The lowest BCUT2D eigenvalue weighted by Gasteiger charge is -2.12. The summed E-state index contributed by atoms with van der Waals surface area (Å²) in [6, 6.07) is 13.3. The summed E-state index contributed by atoms with van der Waals surface area (Å²) in [4.78, 5) is 25.4. The molecule has 0 radical (unpaired) electrons. The van der Waals surface area contributed by atoms with E-state index in [0.29, 0.717) is 16.9 Å². The van der Waals surface area contributed by atoms with Crippen molar-refractivity contribution in [3.8, 4) is 5.69 Å². The number of rotatable bonds is 5. The zero-order valence-electron chi connectivity index (χ0n) is 17.7. The van der Waals surface area contributed by atoms with E-state index < -0.39 is 0 Å². The normalized spacial score (nSPS) is 15.5. The van der Waals surface area contributed by atoms with Gasteiger partial charge in [0.1, 0.15) is 5.82 Å². The number of aromatic nitrogens is 2. The third kappa shape index (κ3) is 4.02. The van der Waals surface area contributed by atoms with Crippen molar-refractivity contribution in [2.75, 3.05) is 5.32 Å². The molecule has 3 aromatic rings. The fraction of sp³-hybridized carbons (Fsp3) is 0.320. The lowest BCUT2D eigenvalue weighted by molar-refractivity contribution is 0.0937. The largest absolute Gasteiger partial charge is 0.349 e. The minimum absolute atomic E-state index is 0.0781. The molecule has 6 nitrogen and oxygen atoms in total. The summed E-state index contributed by atoms with van der Waals surface area (Å²) in [6.07, 6.45) is 6.98. The molecule has 0 unspecified atom stereocenters. The average Bonchev–Trinajstić information content (AvgIpc) is 3.53. The Labute approximate surface area is 185 Å². The predicted molar refractivity (Wildman–Crippen MR) is 120 cm³/mol. The van der Waals surface area contributed by atoms with Crippen molar-refractivity contribution in [1.29, 1.82) is 0 Å². The standard InChI is InChI=1S/C25H25FN4O2/c26-17-10-14-20(15-11-17)30-22-7-3-6-21(22)23(29-30)25(32)28-19-12-8-16(9-13-19)24(31)27-18-4-1-2-5-18/h8-15,18H,1-7H2,(H,27,31)(H,28,32). The summed E-state index contributed by atoms with van der Waals surface area (Å²) < 4.78 is 15.1. The third-order valence-electron chi connectivity index (χ3n) is 6.31. The number of nitrogens with one attached hydrogen (secondary N) is 2. The lowest BCUT2D eigenvalue weighted by atomic mass is 10.1. The molecule has 2 N–H and O–H groups in total. The molecule has 0 atom stereocenters. The molecule has 2 aromatic carbocycles. The van der Waals surface area contributed by atoms with E-state index in [0.717, 1.165) is 61.9 Å². The molecular formula is C25H25FN4O2. The van der Waals surface area contributed by atoms with Crippen LogP contribution in [-0.4, -0.2) is 27.6 Å². The summed E-state index contributed by atoms with van der Waals surface area (Å²) in [5.41, 5.74) is 4.26. The van der Waals surface area contributed by atoms with Gasteiger partial charge in [-0.05, 0) is 80.6 Å². The molecule has 32 heavy (non-hydrogen) atoms. The smallest absolute Gasteiger partial charge is 0.276 e. The summed E-state index contributed by atoms with van der Waals surface area (Å²) in [7, 11) is 0.